The Bertz CT molecular complexity index is 721. The Balaban J connectivity index is 0. The first-order valence-electron chi connectivity index (χ1n) is 8.94. The van der Waals surface area contributed by atoms with Crippen LogP contribution in [0.1, 0.15) is 30.5 Å². The van der Waals surface area contributed by atoms with E-state index in [1.807, 2.05) is 70.2 Å². The van der Waals surface area contributed by atoms with E-state index in [1.165, 1.54) is 18.2 Å². The molecular weight excluding hydrogens is 425 g/mol. The van der Waals surface area contributed by atoms with Gasteiger partial charge in [0.25, 0.3) is 0 Å². The molecule has 4 heteroatoms. The Morgan fingerprint density at radius 3 is 1.54 bits per heavy atom. The van der Waals surface area contributed by atoms with E-state index in [2.05, 4.69) is 13.0 Å². The summed E-state index contributed by atoms with van der Waals surface area (Å²) < 4.78 is 4.88. The molecule has 0 aromatic heterocycles. The van der Waals surface area contributed by atoms with Crippen LogP contribution in [0.3, 0.4) is 0 Å². The minimum absolute atomic E-state index is 0. The van der Waals surface area contributed by atoms with Gasteiger partial charge in [0.1, 0.15) is 5.75 Å². The molecule has 0 aliphatic rings. The second-order valence-corrected chi connectivity index (χ2v) is 5.59. The Labute approximate surface area is 195 Å². The van der Waals surface area contributed by atoms with Crippen molar-refractivity contribution in [2.75, 3.05) is 7.11 Å². The zero-order valence-corrected chi connectivity index (χ0v) is 20.6. The number of aromatic hydroxyl groups is 2. The topological polar surface area (TPSA) is 49.7 Å². The molecule has 149 valence electrons. The largest absolute Gasteiger partial charge is 0.508 e. The number of phenols is 2. The molecular formula is C24H31O3Y-. The van der Waals surface area contributed by atoms with Gasteiger partial charge in [0.2, 0.25) is 0 Å². The Hall–Kier alpha value is -1.84. The molecule has 0 spiro atoms. The molecule has 0 aliphatic carbocycles. The molecule has 28 heavy (non-hydrogen) atoms. The average Bonchev–Trinajstić information content (AvgIpc) is 2.69. The van der Waals surface area contributed by atoms with Crippen molar-refractivity contribution in [1.82, 2.24) is 0 Å². The fourth-order valence-electron chi connectivity index (χ4n) is 1.80. The van der Waals surface area contributed by atoms with Crippen LogP contribution in [0, 0.1) is 26.8 Å². The quantitative estimate of drug-likeness (QED) is 0.427. The van der Waals surface area contributed by atoms with Gasteiger partial charge in [0, 0.05) is 32.7 Å². The predicted octanol–water partition coefficient (Wildman–Crippen LogP) is 6.23. The normalized spacial score (nSPS) is 8.36. The first kappa shape index (κ1) is 28.4. The van der Waals surface area contributed by atoms with Crippen molar-refractivity contribution < 1.29 is 47.7 Å². The molecule has 3 rings (SSSR count). The number of phenolic OH excluding ortho intramolecular Hbond substituents is 2. The average molecular weight is 456 g/mol. The number of methoxy groups -OCH3 is 1. The summed E-state index contributed by atoms with van der Waals surface area (Å²) in [6, 6.07) is 23.1. The van der Waals surface area contributed by atoms with Gasteiger partial charge < -0.3 is 14.9 Å². The molecule has 0 heterocycles. The minimum Gasteiger partial charge on any atom is -0.508 e. The van der Waals surface area contributed by atoms with Crippen LogP contribution in [0.25, 0.3) is 0 Å². The van der Waals surface area contributed by atoms with Crippen LogP contribution in [0.5, 0.6) is 17.2 Å². The molecule has 0 fully saturated rings. The molecule has 0 bridgehead atoms. The molecule has 0 amide bonds. The summed E-state index contributed by atoms with van der Waals surface area (Å²) in [6.45, 7) is 10.00. The minimum atomic E-state index is 0. The molecule has 0 atom stereocenters. The molecule has 3 nitrogen and oxygen atoms in total. The van der Waals surface area contributed by atoms with E-state index >= 15 is 0 Å². The van der Waals surface area contributed by atoms with E-state index in [9.17, 15) is 0 Å². The molecule has 2 N–H and O–H groups in total. The fourth-order valence-corrected chi connectivity index (χ4v) is 1.80. The third kappa shape index (κ3) is 13.4. The van der Waals surface area contributed by atoms with Gasteiger partial charge in [-0.15, -0.1) is 0 Å². The van der Waals surface area contributed by atoms with Gasteiger partial charge in [0.05, 0.1) is 7.11 Å². The Kier molecular flexibility index (Phi) is 17.5. The van der Waals surface area contributed by atoms with Gasteiger partial charge in [-0.05, 0) is 43.7 Å². The van der Waals surface area contributed by atoms with Crippen LogP contribution in [-0.4, -0.2) is 17.3 Å². The van der Waals surface area contributed by atoms with E-state index in [1.54, 1.807) is 24.3 Å². The third-order valence-electron chi connectivity index (χ3n) is 3.25. The van der Waals surface area contributed by atoms with E-state index in [-0.39, 0.29) is 38.5 Å². The van der Waals surface area contributed by atoms with E-state index < -0.39 is 0 Å². The summed E-state index contributed by atoms with van der Waals surface area (Å²) in [5.41, 5.74) is 3.54. The van der Waals surface area contributed by atoms with Crippen molar-refractivity contribution in [3.8, 4) is 17.2 Å². The van der Waals surface area contributed by atoms with Gasteiger partial charge in [0.15, 0.2) is 11.5 Å². The molecule has 3 aromatic rings. The van der Waals surface area contributed by atoms with Gasteiger partial charge in [-0.1, -0.05) is 44.5 Å². The Morgan fingerprint density at radius 2 is 1.18 bits per heavy atom. The van der Waals surface area contributed by atoms with Crippen LogP contribution in [0.15, 0.2) is 66.7 Å². The summed E-state index contributed by atoms with van der Waals surface area (Å²) in [6.07, 6.45) is 0. The molecule has 3 aromatic carbocycles. The van der Waals surface area contributed by atoms with E-state index in [0.717, 1.165) is 5.56 Å². The van der Waals surface area contributed by atoms with Crippen LogP contribution in [0.4, 0.5) is 0 Å². The van der Waals surface area contributed by atoms with Crippen molar-refractivity contribution in [1.29, 1.82) is 0 Å². The molecule has 0 saturated heterocycles. The van der Waals surface area contributed by atoms with E-state index in [0.29, 0.717) is 11.5 Å². The summed E-state index contributed by atoms with van der Waals surface area (Å²) in [5, 5.41) is 17.9. The van der Waals surface area contributed by atoms with Crippen LogP contribution in [-0.2, 0) is 32.7 Å². The maximum Gasteiger partial charge on any atom is 0.160 e. The number of aryl methyl sites for hydroxylation is 3. The second kappa shape index (κ2) is 17.3. The zero-order valence-electron chi connectivity index (χ0n) is 17.7. The maximum atomic E-state index is 9.11. The first-order valence-corrected chi connectivity index (χ1v) is 8.94. The number of rotatable bonds is 1. The summed E-state index contributed by atoms with van der Waals surface area (Å²) in [7, 11) is 1.54. The van der Waals surface area contributed by atoms with Crippen molar-refractivity contribution in [3.05, 3.63) is 89.5 Å². The third-order valence-corrected chi connectivity index (χ3v) is 3.25. The summed E-state index contributed by atoms with van der Waals surface area (Å²) in [5.74, 6) is 1.05. The van der Waals surface area contributed by atoms with Crippen molar-refractivity contribution in [2.45, 2.75) is 34.6 Å². The van der Waals surface area contributed by atoms with Crippen molar-refractivity contribution >= 4 is 0 Å². The first-order chi connectivity index (χ1) is 12.9. The standard InChI is InChI=1S/C8H10O2.C7H8O.C7H7.C2H6.Y/c1-6-3-4-7(9)8(5-6)10-2;1-6-2-4-7(8)5-3-6;1-7-5-3-2-4-6-7;1-2;/h3-5,9H,1-2H3;2-5,8H,1H3;3-6H,1H3;1-2H3;/q;;-1;;. The van der Waals surface area contributed by atoms with Gasteiger partial charge in [-0.25, -0.2) is 0 Å². The number of ether oxygens (including phenoxy) is 1. The molecule has 0 aliphatic heterocycles. The SMILES string of the molecule is CC.COc1cc(C)ccc1O.Cc1cc[c-]cc1.Cc1ccc(O)cc1.[Y]. The molecule has 1 radical (unpaired) electrons. The molecule has 0 unspecified atom stereocenters. The van der Waals surface area contributed by atoms with Gasteiger partial charge in [-0.2, -0.15) is 35.9 Å². The maximum absolute atomic E-state index is 9.11. The second-order valence-electron chi connectivity index (χ2n) is 5.59. The van der Waals surface area contributed by atoms with Crippen molar-refractivity contribution in [2.24, 2.45) is 0 Å². The number of benzene rings is 3. The summed E-state index contributed by atoms with van der Waals surface area (Å²) >= 11 is 0. The fraction of sp³-hybridized carbons (Fsp3) is 0.250. The zero-order chi connectivity index (χ0) is 20.7. The predicted molar refractivity (Wildman–Crippen MR) is 114 cm³/mol. The smallest absolute Gasteiger partial charge is 0.160 e. The van der Waals surface area contributed by atoms with Crippen LogP contribution < -0.4 is 4.74 Å². The molecule has 0 saturated carbocycles. The Morgan fingerprint density at radius 1 is 0.714 bits per heavy atom. The van der Waals surface area contributed by atoms with Gasteiger partial charge in [-0.3, -0.25) is 0 Å². The number of hydrogen-bond acceptors (Lipinski definition) is 3. The van der Waals surface area contributed by atoms with Crippen LogP contribution in [0.2, 0.25) is 0 Å². The van der Waals surface area contributed by atoms with Gasteiger partial charge >= 0.3 is 0 Å². The van der Waals surface area contributed by atoms with Crippen LogP contribution >= 0.6 is 0 Å². The monoisotopic (exact) mass is 456 g/mol. The number of hydrogen-bond donors (Lipinski definition) is 2. The van der Waals surface area contributed by atoms with Crippen molar-refractivity contribution in [3.63, 3.8) is 0 Å². The van der Waals surface area contributed by atoms with E-state index in [4.69, 9.17) is 14.9 Å². The summed E-state index contributed by atoms with van der Waals surface area (Å²) in [4.78, 5) is 0.